The summed E-state index contributed by atoms with van der Waals surface area (Å²) in [6.45, 7) is 1.64. The molecule has 2 aliphatic rings. The minimum absolute atomic E-state index is 0.234. The maximum absolute atomic E-state index is 12.7. The summed E-state index contributed by atoms with van der Waals surface area (Å²) in [6, 6.07) is 8.46. The SMILES string of the molecule is NC1CCN(C(=O)C2(c3ccc(Br)cc3)CC2)CC1. The van der Waals surface area contributed by atoms with Gasteiger partial charge in [-0.15, -0.1) is 0 Å². The topological polar surface area (TPSA) is 46.3 Å². The van der Waals surface area contributed by atoms with Crippen LogP contribution in [0.4, 0.5) is 0 Å². The summed E-state index contributed by atoms with van der Waals surface area (Å²) in [5.41, 5.74) is 6.83. The lowest BCUT2D eigenvalue weighted by Gasteiger charge is -2.33. The Morgan fingerprint density at radius 1 is 1.21 bits per heavy atom. The second kappa shape index (κ2) is 4.91. The number of hydrogen-bond donors (Lipinski definition) is 1. The van der Waals surface area contributed by atoms with Gasteiger partial charge >= 0.3 is 0 Å². The molecular weight excluding hydrogens is 304 g/mol. The lowest BCUT2D eigenvalue weighted by atomic mass is 9.93. The fourth-order valence-corrected chi connectivity index (χ4v) is 3.19. The molecule has 1 saturated carbocycles. The molecule has 1 amide bonds. The third-order valence-electron chi connectivity index (χ3n) is 4.38. The highest BCUT2D eigenvalue weighted by atomic mass is 79.9. The zero-order chi connectivity index (χ0) is 13.5. The van der Waals surface area contributed by atoms with Gasteiger partial charge in [-0.2, -0.15) is 0 Å². The van der Waals surface area contributed by atoms with Crippen LogP contribution in [0.25, 0.3) is 0 Å². The van der Waals surface area contributed by atoms with Crippen molar-refractivity contribution >= 4 is 21.8 Å². The number of hydrogen-bond acceptors (Lipinski definition) is 2. The molecule has 1 heterocycles. The Labute approximate surface area is 122 Å². The van der Waals surface area contributed by atoms with Crippen molar-refractivity contribution in [3.05, 3.63) is 34.3 Å². The van der Waals surface area contributed by atoms with E-state index >= 15 is 0 Å². The molecule has 0 bridgehead atoms. The summed E-state index contributed by atoms with van der Waals surface area (Å²) in [4.78, 5) is 14.8. The fraction of sp³-hybridized carbons (Fsp3) is 0.533. The Morgan fingerprint density at radius 3 is 2.32 bits per heavy atom. The van der Waals surface area contributed by atoms with Crippen molar-refractivity contribution in [2.45, 2.75) is 37.1 Å². The van der Waals surface area contributed by atoms with E-state index in [4.69, 9.17) is 5.73 Å². The van der Waals surface area contributed by atoms with Gasteiger partial charge in [0.05, 0.1) is 5.41 Å². The summed E-state index contributed by atoms with van der Waals surface area (Å²) in [5.74, 6) is 0.307. The molecule has 1 aromatic carbocycles. The summed E-state index contributed by atoms with van der Waals surface area (Å²) < 4.78 is 1.06. The molecule has 19 heavy (non-hydrogen) atoms. The first-order chi connectivity index (χ1) is 9.12. The van der Waals surface area contributed by atoms with Gasteiger partial charge < -0.3 is 10.6 Å². The van der Waals surface area contributed by atoms with E-state index < -0.39 is 0 Å². The van der Waals surface area contributed by atoms with E-state index in [1.54, 1.807) is 0 Å². The summed E-state index contributed by atoms with van der Waals surface area (Å²) in [5, 5.41) is 0. The third kappa shape index (κ3) is 2.43. The van der Waals surface area contributed by atoms with E-state index in [1.807, 2.05) is 17.0 Å². The number of carbonyl (C=O) groups excluding carboxylic acids is 1. The van der Waals surface area contributed by atoms with Crippen molar-refractivity contribution in [3.8, 4) is 0 Å². The Balaban J connectivity index is 1.77. The Morgan fingerprint density at radius 2 is 1.79 bits per heavy atom. The maximum atomic E-state index is 12.7. The van der Waals surface area contributed by atoms with Gasteiger partial charge in [-0.05, 0) is 43.4 Å². The Bertz CT molecular complexity index is 473. The largest absolute Gasteiger partial charge is 0.342 e. The molecule has 0 aromatic heterocycles. The molecule has 1 aliphatic heterocycles. The first kappa shape index (κ1) is 13.1. The summed E-state index contributed by atoms with van der Waals surface area (Å²) in [7, 11) is 0. The zero-order valence-corrected chi connectivity index (χ0v) is 12.5. The average Bonchev–Trinajstić information content (AvgIpc) is 3.21. The van der Waals surface area contributed by atoms with Crippen molar-refractivity contribution in [1.82, 2.24) is 4.90 Å². The molecule has 1 aromatic rings. The highest BCUT2D eigenvalue weighted by Gasteiger charge is 2.53. The van der Waals surface area contributed by atoms with E-state index in [-0.39, 0.29) is 11.5 Å². The van der Waals surface area contributed by atoms with E-state index in [9.17, 15) is 4.79 Å². The van der Waals surface area contributed by atoms with Gasteiger partial charge in [0.1, 0.15) is 0 Å². The van der Waals surface area contributed by atoms with Crippen LogP contribution >= 0.6 is 15.9 Å². The van der Waals surface area contributed by atoms with Crippen LogP contribution < -0.4 is 5.73 Å². The van der Waals surface area contributed by atoms with Crippen LogP contribution in [0.2, 0.25) is 0 Å². The lowest BCUT2D eigenvalue weighted by molar-refractivity contribution is -0.135. The molecule has 1 aliphatic carbocycles. The number of halogens is 1. The lowest BCUT2D eigenvalue weighted by Crippen LogP contribution is -2.46. The molecule has 0 radical (unpaired) electrons. The first-order valence-electron chi connectivity index (χ1n) is 6.93. The highest BCUT2D eigenvalue weighted by Crippen LogP contribution is 2.50. The molecule has 2 N–H and O–H groups in total. The number of nitrogens with two attached hydrogens (primary N) is 1. The molecule has 0 atom stereocenters. The van der Waals surface area contributed by atoms with Gasteiger partial charge in [-0.25, -0.2) is 0 Å². The number of amides is 1. The van der Waals surface area contributed by atoms with Gasteiger partial charge in [0.15, 0.2) is 0 Å². The average molecular weight is 323 g/mol. The van der Waals surface area contributed by atoms with Crippen molar-refractivity contribution in [1.29, 1.82) is 0 Å². The standard InChI is InChI=1S/C15H19BrN2O/c16-12-3-1-11(2-4-12)15(7-8-15)14(19)18-9-5-13(17)6-10-18/h1-4,13H,5-10,17H2. The molecule has 3 rings (SSSR count). The number of benzene rings is 1. The van der Waals surface area contributed by atoms with E-state index in [2.05, 4.69) is 28.1 Å². The van der Waals surface area contributed by atoms with E-state index in [1.165, 1.54) is 0 Å². The third-order valence-corrected chi connectivity index (χ3v) is 4.91. The van der Waals surface area contributed by atoms with Gasteiger partial charge in [0, 0.05) is 23.6 Å². The van der Waals surface area contributed by atoms with Crippen molar-refractivity contribution in [3.63, 3.8) is 0 Å². The molecule has 2 fully saturated rings. The van der Waals surface area contributed by atoms with E-state index in [0.717, 1.165) is 48.8 Å². The molecule has 1 saturated heterocycles. The summed E-state index contributed by atoms with van der Waals surface area (Å²) >= 11 is 3.44. The van der Waals surface area contributed by atoms with Gasteiger partial charge in [-0.3, -0.25) is 4.79 Å². The van der Waals surface area contributed by atoms with Crippen molar-refractivity contribution in [2.24, 2.45) is 5.73 Å². The monoisotopic (exact) mass is 322 g/mol. The van der Waals surface area contributed by atoms with Crippen molar-refractivity contribution < 1.29 is 4.79 Å². The number of likely N-dealkylation sites (tertiary alicyclic amines) is 1. The van der Waals surface area contributed by atoms with Gasteiger partial charge in [-0.1, -0.05) is 28.1 Å². The Hall–Kier alpha value is -0.870. The number of piperidine rings is 1. The number of nitrogens with zero attached hydrogens (tertiary/aromatic N) is 1. The van der Waals surface area contributed by atoms with Crippen molar-refractivity contribution in [2.75, 3.05) is 13.1 Å². The molecule has 102 valence electrons. The Kier molecular flexibility index (Phi) is 3.39. The maximum Gasteiger partial charge on any atom is 0.233 e. The van der Waals surface area contributed by atoms with Gasteiger partial charge in [0.2, 0.25) is 5.91 Å². The smallest absolute Gasteiger partial charge is 0.233 e. The normalized spacial score (nSPS) is 22.3. The molecule has 0 spiro atoms. The fourth-order valence-electron chi connectivity index (χ4n) is 2.93. The zero-order valence-electron chi connectivity index (χ0n) is 10.9. The van der Waals surface area contributed by atoms with Crippen LogP contribution in [0.5, 0.6) is 0 Å². The van der Waals surface area contributed by atoms with Crippen LogP contribution in [0.15, 0.2) is 28.7 Å². The molecule has 0 unspecified atom stereocenters. The second-order valence-electron chi connectivity index (χ2n) is 5.72. The minimum Gasteiger partial charge on any atom is -0.342 e. The highest BCUT2D eigenvalue weighted by molar-refractivity contribution is 9.10. The van der Waals surface area contributed by atoms with E-state index in [0.29, 0.717) is 5.91 Å². The van der Waals surface area contributed by atoms with Crippen LogP contribution in [0, 0.1) is 0 Å². The number of carbonyl (C=O) groups is 1. The van der Waals surface area contributed by atoms with Crippen LogP contribution in [0.3, 0.4) is 0 Å². The summed E-state index contributed by atoms with van der Waals surface area (Å²) in [6.07, 6.45) is 3.83. The predicted molar refractivity (Wildman–Crippen MR) is 78.8 cm³/mol. The molecular formula is C15H19BrN2O. The number of rotatable bonds is 2. The molecule has 3 nitrogen and oxygen atoms in total. The first-order valence-corrected chi connectivity index (χ1v) is 7.72. The predicted octanol–water partition coefficient (Wildman–Crippen LogP) is 2.43. The van der Waals surface area contributed by atoms with Crippen LogP contribution in [-0.4, -0.2) is 29.9 Å². The quantitative estimate of drug-likeness (QED) is 0.909. The minimum atomic E-state index is -0.234. The van der Waals surface area contributed by atoms with Crippen LogP contribution in [-0.2, 0) is 10.2 Å². The second-order valence-corrected chi connectivity index (χ2v) is 6.63. The molecule has 4 heteroatoms. The van der Waals surface area contributed by atoms with Gasteiger partial charge in [0.25, 0.3) is 0 Å². The van der Waals surface area contributed by atoms with Crippen LogP contribution in [0.1, 0.15) is 31.2 Å².